The topological polar surface area (TPSA) is 3.88 Å². The standard InChI is InChI=1S/C21H22N/c1-15-9-11-18(12-10-15)20-14-22(4)21(13-17(20)3)19-8-6-5-7-16(19)2/h5-14H,1-4H3/q+1. The molecule has 0 aliphatic rings. The Labute approximate surface area is 132 Å². The molecule has 2 aromatic carbocycles. The number of aryl methyl sites for hydroxylation is 4. The fourth-order valence-corrected chi connectivity index (χ4v) is 2.91. The Kier molecular flexibility index (Phi) is 3.81. The van der Waals surface area contributed by atoms with Crippen LogP contribution in [0, 0.1) is 20.8 Å². The van der Waals surface area contributed by atoms with Gasteiger partial charge in [0.15, 0.2) is 6.20 Å². The van der Waals surface area contributed by atoms with Gasteiger partial charge in [-0.15, -0.1) is 0 Å². The van der Waals surface area contributed by atoms with Crippen LogP contribution in [0.4, 0.5) is 0 Å². The quantitative estimate of drug-likeness (QED) is 0.598. The van der Waals surface area contributed by atoms with Crippen LogP contribution >= 0.6 is 0 Å². The molecule has 0 aliphatic heterocycles. The second-order valence-electron chi connectivity index (χ2n) is 6.05. The van der Waals surface area contributed by atoms with Crippen LogP contribution in [0.2, 0.25) is 0 Å². The van der Waals surface area contributed by atoms with E-state index in [9.17, 15) is 0 Å². The van der Waals surface area contributed by atoms with E-state index in [2.05, 4.69) is 93.2 Å². The predicted octanol–water partition coefficient (Wildman–Crippen LogP) is 4.77. The molecule has 0 aliphatic carbocycles. The van der Waals surface area contributed by atoms with E-state index < -0.39 is 0 Å². The van der Waals surface area contributed by atoms with Crippen molar-refractivity contribution in [1.82, 2.24) is 0 Å². The number of aromatic nitrogens is 1. The third-order valence-electron chi connectivity index (χ3n) is 4.26. The summed E-state index contributed by atoms with van der Waals surface area (Å²) in [6.07, 6.45) is 2.24. The maximum atomic E-state index is 2.29. The van der Waals surface area contributed by atoms with Gasteiger partial charge >= 0.3 is 0 Å². The molecule has 0 saturated carbocycles. The Balaban J connectivity index is 2.13. The molecule has 3 aromatic rings. The molecule has 0 saturated heterocycles. The van der Waals surface area contributed by atoms with Crippen molar-refractivity contribution in [3.05, 3.63) is 77.5 Å². The molecule has 22 heavy (non-hydrogen) atoms. The molecule has 0 amide bonds. The van der Waals surface area contributed by atoms with E-state index in [0.29, 0.717) is 0 Å². The average Bonchev–Trinajstić information content (AvgIpc) is 2.51. The molecule has 0 atom stereocenters. The van der Waals surface area contributed by atoms with Crippen molar-refractivity contribution in [1.29, 1.82) is 0 Å². The first kappa shape index (κ1) is 14.5. The lowest BCUT2D eigenvalue weighted by Gasteiger charge is -2.09. The number of hydrogen-bond donors (Lipinski definition) is 0. The molecule has 1 heterocycles. The monoisotopic (exact) mass is 288 g/mol. The second-order valence-corrected chi connectivity index (χ2v) is 6.05. The lowest BCUT2D eigenvalue weighted by Crippen LogP contribution is -2.31. The van der Waals surface area contributed by atoms with E-state index in [1.165, 1.54) is 39.1 Å². The van der Waals surface area contributed by atoms with Gasteiger partial charge in [0.2, 0.25) is 5.69 Å². The van der Waals surface area contributed by atoms with Gasteiger partial charge in [-0.25, -0.2) is 4.57 Å². The van der Waals surface area contributed by atoms with Crippen molar-refractivity contribution >= 4 is 0 Å². The maximum Gasteiger partial charge on any atom is 0.212 e. The van der Waals surface area contributed by atoms with Crippen LogP contribution in [0.3, 0.4) is 0 Å². The Morgan fingerprint density at radius 2 is 1.41 bits per heavy atom. The van der Waals surface area contributed by atoms with Gasteiger partial charge in [0.1, 0.15) is 7.05 Å². The molecule has 0 unspecified atom stereocenters. The molecule has 110 valence electrons. The SMILES string of the molecule is Cc1ccc(-c2c[n+](C)c(-c3ccccc3C)cc2C)cc1. The molecule has 1 heteroatoms. The average molecular weight is 288 g/mol. The van der Waals surface area contributed by atoms with Crippen molar-refractivity contribution in [2.45, 2.75) is 20.8 Å². The molecule has 1 nitrogen and oxygen atoms in total. The zero-order valence-electron chi connectivity index (χ0n) is 13.7. The van der Waals surface area contributed by atoms with Crippen LogP contribution < -0.4 is 4.57 Å². The minimum Gasteiger partial charge on any atom is -0.200 e. The normalized spacial score (nSPS) is 10.7. The van der Waals surface area contributed by atoms with Crippen LogP contribution in [0.25, 0.3) is 22.4 Å². The summed E-state index contributed by atoms with van der Waals surface area (Å²) in [4.78, 5) is 0. The van der Waals surface area contributed by atoms with E-state index in [0.717, 1.165) is 0 Å². The first-order chi connectivity index (χ1) is 10.6. The van der Waals surface area contributed by atoms with Crippen LogP contribution in [-0.2, 0) is 7.05 Å². The van der Waals surface area contributed by atoms with E-state index in [1.54, 1.807) is 0 Å². The predicted molar refractivity (Wildman–Crippen MR) is 92.7 cm³/mol. The van der Waals surface area contributed by atoms with Crippen molar-refractivity contribution in [3.63, 3.8) is 0 Å². The Bertz CT molecular complexity index is 814. The van der Waals surface area contributed by atoms with E-state index in [1.807, 2.05) is 0 Å². The molecule has 1 aromatic heterocycles. The van der Waals surface area contributed by atoms with Gasteiger partial charge in [-0.05, 0) is 43.5 Å². The van der Waals surface area contributed by atoms with Crippen molar-refractivity contribution in [3.8, 4) is 22.4 Å². The molecule has 0 bridgehead atoms. The summed E-state index contributed by atoms with van der Waals surface area (Å²) >= 11 is 0. The van der Waals surface area contributed by atoms with Crippen LogP contribution in [0.5, 0.6) is 0 Å². The van der Waals surface area contributed by atoms with Crippen LogP contribution in [0.15, 0.2) is 60.8 Å². The van der Waals surface area contributed by atoms with Gasteiger partial charge in [0.05, 0.1) is 0 Å². The summed E-state index contributed by atoms with van der Waals surface area (Å²) in [5.74, 6) is 0. The van der Waals surface area contributed by atoms with Gasteiger partial charge in [-0.1, -0.05) is 48.0 Å². The zero-order valence-corrected chi connectivity index (χ0v) is 13.7. The van der Waals surface area contributed by atoms with E-state index in [-0.39, 0.29) is 0 Å². The number of pyridine rings is 1. The lowest BCUT2D eigenvalue weighted by molar-refractivity contribution is -0.660. The van der Waals surface area contributed by atoms with Gasteiger partial charge in [0, 0.05) is 17.2 Å². The summed E-state index contributed by atoms with van der Waals surface area (Å²) in [6, 6.07) is 19.6. The van der Waals surface area contributed by atoms with E-state index in [4.69, 9.17) is 0 Å². The summed E-state index contributed by atoms with van der Waals surface area (Å²) in [7, 11) is 2.12. The second kappa shape index (κ2) is 5.76. The van der Waals surface area contributed by atoms with Crippen molar-refractivity contribution in [2.75, 3.05) is 0 Å². The molecule has 0 fully saturated rings. The minimum atomic E-state index is 1.26. The first-order valence-electron chi connectivity index (χ1n) is 7.69. The lowest BCUT2D eigenvalue weighted by atomic mass is 9.98. The number of nitrogens with zero attached hydrogens (tertiary/aromatic N) is 1. The molecule has 0 spiro atoms. The zero-order chi connectivity index (χ0) is 15.7. The number of rotatable bonds is 2. The summed E-state index contributed by atoms with van der Waals surface area (Å²) in [5, 5.41) is 0. The molecule has 0 radical (unpaired) electrons. The Hall–Kier alpha value is -2.41. The highest BCUT2D eigenvalue weighted by Crippen LogP contribution is 2.27. The molecular weight excluding hydrogens is 266 g/mol. The van der Waals surface area contributed by atoms with E-state index >= 15 is 0 Å². The number of benzene rings is 2. The smallest absolute Gasteiger partial charge is 0.200 e. The Morgan fingerprint density at radius 1 is 0.727 bits per heavy atom. The highest BCUT2D eigenvalue weighted by molar-refractivity contribution is 5.69. The minimum absolute atomic E-state index is 1.26. The molecule has 0 N–H and O–H groups in total. The maximum absolute atomic E-state index is 2.29. The van der Waals surface area contributed by atoms with Gasteiger partial charge in [-0.2, -0.15) is 0 Å². The van der Waals surface area contributed by atoms with Crippen molar-refractivity contribution < 1.29 is 4.57 Å². The summed E-state index contributed by atoms with van der Waals surface area (Å²) in [6.45, 7) is 6.48. The Morgan fingerprint density at radius 3 is 2.09 bits per heavy atom. The van der Waals surface area contributed by atoms with Crippen LogP contribution in [0.1, 0.15) is 16.7 Å². The van der Waals surface area contributed by atoms with Crippen molar-refractivity contribution in [2.24, 2.45) is 7.05 Å². The third-order valence-corrected chi connectivity index (χ3v) is 4.26. The van der Waals surface area contributed by atoms with Gasteiger partial charge in [0.25, 0.3) is 0 Å². The fraction of sp³-hybridized carbons (Fsp3) is 0.190. The first-order valence-corrected chi connectivity index (χ1v) is 7.69. The third kappa shape index (κ3) is 2.67. The number of hydrogen-bond acceptors (Lipinski definition) is 0. The summed E-state index contributed by atoms with van der Waals surface area (Å²) < 4.78 is 2.23. The largest absolute Gasteiger partial charge is 0.212 e. The van der Waals surface area contributed by atoms with Gasteiger partial charge < -0.3 is 0 Å². The fourth-order valence-electron chi connectivity index (χ4n) is 2.91. The summed E-state index contributed by atoms with van der Waals surface area (Å²) in [5.41, 5.74) is 9.02. The molecule has 3 rings (SSSR count). The highest BCUT2D eigenvalue weighted by atomic mass is 14.9. The van der Waals surface area contributed by atoms with Gasteiger partial charge in [-0.3, -0.25) is 0 Å². The molecular formula is C21H22N+. The highest BCUT2D eigenvalue weighted by Gasteiger charge is 2.16. The van der Waals surface area contributed by atoms with Crippen LogP contribution in [-0.4, -0.2) is 0 Å².